The monoisotopic (exact) mass is 591 g/mol. The zero-order valence-corrected chi connectivity index (χ0v) is 23.7. The van der Waals surface area contributed by atoms with E-state index in [1.54, 1.807) is 30.3 Å². The summed E-state index contributed by atoms with van der Waals surface area (Å²) in [6.45, 7) is 10.7. The third kappa shape index (κ3) is 7.00. The van der Waals surface area contributed by atoms with Crippen LogP contribution in [0.15, 0.2) is 87.3 Å². The molecule has 0 saturated carbocycles. The summed E-state index contributed by atoms with van der Waals surface area (Å²) in [5.41, 5.74) is 6.58. The van der Waals surface area contributed by atoms with Gasteiger partial charge in [0, 0.05) is 27.1 Å². The minimum absolute atomic E-state index is 0.127. The fourth-order valence-corrected chi connectivity index (χ4v) is 4.32. The first-order valence-electron chi connectivity index (χ1n) is 12.4. The van der Waals surface area contributed by atoms with Crippen molar-refractivity contribution < 1.29 is 23.4 Å². The number of aromatic nitrogens is 1. The highest BCUT2D eigenvalue weighted by Crippen LogP contribution is 2.33. The summed E-state index contributed by atoms with van der Waals surface area (Å²) < 4.78 is 25.7. The molecule has 0 aliphatic rings. The van der Waals surface area contributed by atoms with Gasteiger partial charge in [-0.25, -0.2) is 5.43 Å². The van der Waals surface area contributed by atoms with E-state index in [1.165, 1.54) is 17.6 Å². The van der Waals surface area contributed by atoms with Gasteiger partial charge >= 0.3 is 5.91 Å². The largest absolute Gasteiger partial charge is 0.490 e. The molecule has 1 N–H and O–H groups in total. The SMILES string of the molecule is C=CCOc1cc(Br)c(/C=N/NC(=O)c2ccc(COc3ccc(-n4c(C)ccc4C)cc3)o2)cc1OCC. The molecule has 202 valence electrons. The van der Waals surface area contributed by atoms with Crippen molar-refractivity contribution in [1.82, 2.24) is 9.99 Å². The van der Waals surface area contributed by atoms with Crippen LogP contribution in [0.5, 0.6) is 17.2 Å². The van der Waals surface area contributed by atoms with Gasteiger partial charge in [-0.1, -0.05) is 12.7 Å². The Morgan fingerprint density at radius 2 is 1.74 bits per heavy atom. The second-order valence-electron chi connectivity index (χ2n) is 8.55. The number of nitrogens with one attached hydrogen (secondary N) is 1. The number of aryl methyl sites for hydroxylation is 2. The van der Waals surface area contributed by atoms with Crippen LogP contribution in [0, 0.1) is 13.8 Å². The van der Waals surface area contributed by atoms with Gasteiger partial charge in [-0.2, -0.15) is 5.10 Å². The summed E-state index contributed by atoms with van der Waals surface area (Å²) in [5.74, 6) is 2.01. The first-order valence-corrected chi connectivity index (χ1v) is 13.2. The molecule has 4 aromatic rings. The molecule has 0 bridgehead atoms. The van der Waals surface area contributed by atoms with E-state index in [2.05, 4.69) is 63.6 Å². The first-order chi connectivity index (χ1) is 18.9. The Labute approximate surface area is 236 Å². The number of hydrazone groups is 1. The highest BCUT2D eigenvalue weighted by Gasteiger charge is 2.13. The van der Waals surface area contributed by atoms with Crippen molar-refractivity contribution in [3.8, 4) is 22.9 Å². The minimum Gasteiger partial charge on any atom is -0.490 e. The molecule has 2 heterocycles. The van der Waals surface area contributed by atoms with Gasteiger partial charge in [-0.05, 0) is 97.4 Å². The van der Waals surface area contributed by atoms with Gasteiger partial charge < -0.3 is 23.2 Å². The fraction of sp³-hybridized carbons (Fsp3) is 0.200. The fourth-order valence-electron chi connectivity index (χ4n) is 3.89. The van der Waals surface area contributed by atoms with Crippen molar-refractivity contribution in [2.45, 2.75) is 27.4 Å². The molecular weight excluding hydrogens is 562 g/mol. The number of furan rings is 1. The van der Waals surface area contributed by atoms with Gasteiger partial charge in [0.25, 0.3) is 0 Å². The van der Waals surface area contributed by atoms with Crippen molar-refractivity contribution in [1.29, 1.82) is 0 Å². The van der Waals surface area contributed by atoms with Crippen LogP contribution in [-0.4, -0.2) is 29.9 Å². The quantitative estimate of drug-likeness (QED) is 0.112. The van der Waals surface area contributed by atoms with Gasteiger partial charge in [0.1, 0.15) is 24.7 Å². The lowest BCUT2D eigenvalue weighted by atomic mass is 10.2. The van der Waals surface area contributed by atoms with Crippen LogP contribution < -0.4 is 19.6 Å². The predicted molar refractivity (Wildman–Crippen MR) is 154 cm³/mol. The number of amides is 1. The molecule has 1 amide bonds. The Hall–Kier alpha value is -4.24. The Kier molecular flexibility index (Phi) is 9.27. The Balaban J connectivity index is 1.33. The molecule has 0 aliphatic carbocycles. The Bertz CT molecular complexity index is 1450. The standard InChI is InChI=1S/C30H30BrN3O5/c1-5-15-37-29-17-26(31)22(16-28(29)36-6-2)18-32-33-30(35)27-14-13-25(39-27)19-38-24-11-9-23(10-12-24)34-20(3)7-8-21(34)4/h5,7-14,16-18H,1,6,15,19H2,2-4H3,(H,33,35)/b32-18+. The maximum absolute atomic E-state index is 12.5. The van der Waals surface area contributed by atoms with Crippen molar-refractivity contribution in [2.24, 2.45) is 5.10 Å². The number of carbonyl (C=O) groups is 1. The third-order valence-corrected chi connectivity index (χ3v) is 6.41. The van der Waals surface area contributed by atoms with Crippen LogP contribution in [0.2, 0.25) is 0 Å². The highest BCUT2D eigenvalue weighted by atomic mass is 79.9. The van der Waals surface area contributed by atoms with Crippen LogP contribution in [0.1, 0.15) is 40.2 Å². The number of hydrogen-bond donors (Lipinski definition) is 1. The highest BCUT2D eigenvalue weighted by molar-refractivity contribution is 9.10. The van der Waals surface area contributed by atoms with E-state index in [0.717, 1.165) is 10.2 Å². The molecule has 39 heavy (non-hydrogen) atoms. The predicted octanol–water partition coefficient (Wildman–Crippen LogP) is 6.76. The molecule has 4 rings (SSSR count). The molecule has 8 nitrogen and oxygen atoms in total. The lowest BCUT2D eigenvalue weighted by molar-refractivity contribution is 0.0923. The molecular formula is C30H30BrN3O5. The van der Waals surface area contributed by atoms with Crippen LogP contribution in [0.3, 0.4) is 0 Å². The van der Waals surface area contributed by atoms with E-state index in [-0.39, 0.29) is 12.4 Å². The van der Waals surface area contributed by atoms with E-state index in [0.29, 0.717) is 41.8 Å². The number of carbonyl (C=O) groups excluding carboxylic acids is 1. The second kappa shape index (κ2) is 13.0. The summed E-state index contributed by atoms with van der Waals surface area (Å²) in [6.07, 6.45) is 3.17. The molecule has 0 unspecified atom stereocenters. The van der Waals surface area contributed by atoms with Crippen LogP contribution in [-0.2, 0) is 6.61 Å². The number of benzene rings is 2. The second-order valence-corrected chi connectivity index (χ2v) is 9.41. The maximum Gasteiger partial charge on any atom is 0.307 e. The zero-order chi connectivity index (χ0) is 27.8. The van der Waals surface area contributed by atoms with Crippen molar-refractivity contribution in [3.05, 3.63) is 106 Å². The molecule has 9 heteroatoms. The Morgan fingerprint density at radius 3 is 2.44 bits per heavy atom. The summed E-state index contributed by atoms with van der Waals surface area (Å²) in [5, 5.41) is 4.06. The lowest BCUT2D eigenvalue weighted by Gasteiger charge is -2.12. The summed E-state index contributed by atoms with van der Waals surface area (Å²) in [4.78, 5) is 12.5. The van der Waals surface area contributed by atoms with Gasteiger partial charge in [-0.15, -0.1) is 0 Å². The number of hydrogen-bond acceptors (Lipinski definition) is 6. The van der Waals surface area contributed by atoms with E-state index in [9.17, 15) is 4.79 Å². The average molecular weight is 592 g/mol. The number of ether oxygens (including phenoxy) is 3. The smallest absolute Gasteiger partial charge is 0.307 e. The van der Waals surface area contributed by atoms with Gasteiger partial charge in [-0.3, -0.25) is 4.79 Å². The lowest BCUT2D eigenvalue weighted by Crippen LogP contribution is -2.16. The number of rotatable bonds is 12. The third-order valence-electron chi connectivity index (χ3n) is 5.72. The van der Waals surface area contributed by atoms with Crippen LogP contribution in [0.25, 0.3) is 5.69 Å². The van der Waals surface area contributed by atoms with Crippen molar-refractivity contribution >= 4 is 28.1 Å². The summed E-state index contributed by atoms with van der Waals surface area (Å²) >= 11 is 3.50. The average Bonchev–Trinajstić information content (AvgIpc) is 3.54. The van der Waals surface area contributed by atoms with E-state index in [4.69, 9.17) is 18.6 Å². The van der Waals surface area contributed by atoms with E-state index < -0.39 is 5.91 Å². The molecule has 0 atom stereocenters. The van der Waals surface area contributed by atoms with Gasteiger partial charge in [0.05, 0.1) is 12.8 Å². The topological polar surface area (TPSA) is 87.2 Å². The normalized spacial score (nSPS) is 11.0. The number of halogens is 1. The Morgan fingerprint density at radius 1 is 1.03 bits per heavy atom. The maximum atomic E-state index is 12.5. The molecule has 0 spiro atoms. The molecule has 0 saturated heterocycles. The summed E-state index contributed by atoms with van der Waals surface area (Å²) in [6, 6.07) is 18.9. The van der Waals surface area contributed by atoms with Gasteiger partial charge in [0.15, 0.2) is 17.3 Å². The van der Waals surface area contributed by atoms with Gasteiger partial charge in [0.2, 0.25) is 0 Å². The van der Waals surface area contributed by atoms with Crippen molar-refractivity contribution in [3.63, 3.8) is 0 Å². The molecule has 2 aromatic carbocycles. The van der Waals surface area contributed by atoms with E-state index >= 15 is 0 Å². The molecule has 0 fully saturated rings. The minimum atomic E-state index is -0.480. The molecule has 0 aliphatic heterocycles. The van der Waals surface area contributed by atoms with Crippen LogP contribution in [0.4, 0.5) is 0 Å². The van der Waals surface area contributed by atoms with Crippen molar-refractivity contribution in [2.75, 3.05) is 13.2 Å². The van der Waals surface area contributed by atoms with Crippen LogP contribution >= 0.6 is 15.9 Å². The number of nitrogens with zero attached hydrogens (tertiary/aromatic N) is 2. The first kappa shape index (κ1) is 27.8. The zero-order valence-electron chi connectivity index (χ0n) is 22.1. The molecule has 2 aromatic heterocycles. The summed E-state index contributed by atoms with van der Waals surface area (Å²) in [7, 11) is 0. The van der Waals surface area contributed by atoms with E-state index in [1.807, 2.05) is 31.2 Å². The molecule has 0 radical (unpaired) electrons.